The highest BCUT2D eigenvalue weighted by Crippen LogP contribution is 2.45. The highest BCUT2D eigenvalue weighted by Gasteiger charge is 2.30. The molecule has 0 aromatic carbocycles. The van der Waals surface area contributed by atoms with Crippen molar-refractivity contribution in [1.82, 2.24) is 0 Å². The van der Waals surface area contributed by atoms with E-state index in [1.165, 1.54) is 250 Å². The van der Waals surface area contributed by atoms with E-state index in [1.807, 2.05) is 0 Å². The Kier molecular flexibility index (Phi) is 73.7. The summed E-state index contributed by atoms with van der Waals surface area (Å²) in [6.07, 6.45) is 65.8. The van der Waals surface area contributed by atoms with Gasteiger partial charge in [-0.25, -0.2) is 9.13 Å². The number of hydrogen-bond acceptors (Lipinski definition) is 15. The van der Waals surface area contributed by atoms with Crippen molar-refractivity contribution in [3.8, 4) is 0 Å². The predicted molar refractivity (Wildman–Crippen MR) is 428 cm³/mol. The van der Waals surface area contributed by atoms with E-state index in [4.69, 9.17) is 37.0 Å². The molecule has 0 saturated heterocycles. The van der Waals surface area contributed by atoms with Crippen molar-refractivity contribution in [3.05, 3.63) is 0 Å². The summed E-state index contributed by atoms with van der Waals surface area (Å²) in [6.45, 7) is 12.0. The number of aliphatic hydroxyl groups is 1. The molecule has 0 amide bonds. The molecule has 104 heavy (non-hydrogen) atoms. The van der Waals surface area contributed by atoms with Gasteiger partial charge in [-0.1, -0.05) is 395 Å². The van der Waals surface area contributed by atoms with Crippen LogP contribution in [0.4, 0.5) is 0 Å². The minimum atomic E-state index is -4.96. The molecule has 0 saturated carbocycles. The molecule has 0 aromatic heterocycles. The maximum absolute atomic E-state index is 13.1. The molecule has 19 heteroatoms. The molecule has 17 nitrogen and oxygen atoms in total. The van der Waals surface area contributed by atoms with Crippen LogP contribution in [-0.2, 0) is 65.4 Å². The molecular formula is C85H166O17P2. The van der Waals surface area contributed by atoms with E-state index in [2.05, 4.69) is 48.5 Å². The molecule has 3 N–H and O–H groups in total. The van der Waals surface area contributed by atoms with Gasteiger partial charge in [0.25, 0.3) is 0 Å². The van der Waals surface area contributed by atoms with Crippen LogP contribution in [0.25, 0.3) is 0 Å². The molecule has 0 aliphatic heterocycles. The van der Waals surface area contributed by atoms with Crippen LogP contribution >= 0.6 is 15.6 Å². The van der Waals surface area contributed by atoms with Crippen molar-refractivity contribution in [2.24, 2.45) is 17.8 Å². The second-order valence-electron chi connectivity index (χ2n) is 32.0. The van der Waals surface area contributed by atoms with Crippen molar-refractivity contribution in [3.63, 3.8) is 0 Å². The molecule has 5 atom stereocenters. The van der Waals surface area contributed by atoms with Crippen molar-refractivity contribution >= 4 is 39.5 Å². The summed E-state index contributed by atoms with van der Waals surface area (Å²) in [4.78, 5) is 72.9. The second kappa shape index (κ2) is 75.1. The lowest BCUT2D eigenvalue weighted by atomic mass is 10.0. The van der Waals surface area contributed by atoms with Crippen LogP contribution in [-0.4, -0.2) is 96.7 Å². The average molecular weight is 1520 g/mol. The van der Waals surface area contributed by atoms with Gasteiger partial charge in [-0.15, -0.1) is 0 Å². The minimum Gasteiger partial charge on any atom is -0.462 e. The zero-order valence-electron chi connectivity index (χ0n) is 68.5. The number of unbranched alkanes of at least 4 members (excludes halogenated alkanes) is 51. The number of esters is 4. The molecule has 0 heterocycles. The molecule has 2 unspecified atom stereocenters. The third kappa shape index (κ3) is 78.2. The lowest BCUT2D eigenvalue weighted by Gasteiger charge is -2.21. The van der Waals surface area contributed by atoms with Gasteiger partial charge in [-0.3, -0.25) is 37.3 Å². The Morgan fingerprint density at radius 1 is 0.260 bits per heavy atom. The van der Waals surface area contributed by atoms with Gasteiger partial charge in [0.05, 0.1) is 26.4 Å². The summed E-state index contributed by atoms with van der Waals surface area (Å²) in [5.74, 6) is 0.325. The van der Waals surface area contributed by atoms with Crippen LogP contribution < -0.4 is 0 Å². The highest BCUT2D eigenvalue weighted by atomic mass is 31.2. The van der Waals surface area contributed by atoms with Gasteiger partial charge >= 0.3 is 39.5 Å². The first kappa shape index (κ1) is 102. The largest absolute Gasteiger partial charge is 0.472 e. The first-order valence-electron chi connectivity index (χ1n) is 43.8. The van der Waals surface area contributed by atoms with E-state index in [-0.39, 0.29) is 25.7 Å². The topological polar surface area (TPSA) is 237 Å². The first-order valence-corrected chi connectivity index (χ1v) is 46.8. The average Bonchev–Trinajstić information content (AvgIpc) is 0.909. The smallest absolute Gasteiger partial charge is 0.462 e. The predicted octanol–water partition coefficient (Wildman–Crippen LogP) is 25.7. The summed E-state index contributed by atoms with van der Waals surface area (Å²) in [6, 6.07) is 0. The van der Waals surface area contributed by atoms with Gasteiger partial charge in [-0.05, 0) is 43.4 Å². The summed E-state index contributed by atoms with van der Waals surface area (Å²) >= 11 is 0. The standard InChI is InChI=1S/C85H166O17P2/c1-8-9-10-49-59-66-82(87)95-72-80(101-84(89)68-61-54-48-42-36-30-24-18-16-21-27-33-39-45-52-58-65-78(6)7)74-99-103(91,92)97-70-79(86)71-98-104(93,94)100-75-81(73-96-83(88)67-60-53-46-40-34-28-22-17-15-20-26-32-38-44-51-57-64-77(4)5)102-85(90)69-62-55-47-41-35-29-23-14-12-11-13-19-25-31-37-43-50-56-63-76(2)3/h76-81,86H,8-75H2,1-7H3,(H,91,92)(H,93,94)/t79-,80+,81+/m0/s1. The Balaban J connectivity index is 5.10. The Bertz CT molecular complexity index is 2010. The lowest BCUT2D eigenvalue weighted by Crippen LogP contribution is -2.30. The molecule has 0 aliphatic rings. The minimum absolute atomic E-state index is 0.107. The fraction of sp³-hybridized carbons (Fsp3) is 0.953. The maximum Gasteiger partial charge on any atom is 0.472 e. The Morgan fingerprint density at radius 3 is 0.654 bits per heavy atom. The normalized spacial score (nSPS) is 13.9. The Hall–Kier alpha value is -1.94. The van der Waals surface area contributed by atoms with Crippen LogP contribution in [0.5, 0.6) is 0 Å². The molecule has 0 rings (SSSR count). The molecule has 0 aliphatic carbocycles. The van der Waals surface area contributed by atoms with Gasteiger partial charge in [0.2, 0.25) is 0 Å². The van der Waals surface area contributed by atoms with E-state index in [0.29, 0.717) is 25.7 Å². The quantitative estimate of drug-likeness (QED) is 0.0222. The molecule has 0 fully saturated rings. The molecule has 0 bridgehead atoms. The fourth-order valence-corrected chi connectivity index (χ4v) is 14.8. The van der Waals surface area contributed by atoms with Crippen LogP contribution in [0.2, 0.25) is 0 Å². The summed E-state index contributed by atoms with van der Waals surface area (Å²) in [5, 5.41) is 10.6. The van der Waals surface area contributed by atoms with E-state index in [1.54, 1.807) is 0 Å². The van der Waals surface area contributed by atoms with Crippen molar-refractivity contribution in [1.29, 1.82) is 0 Å². The Morgan fingerprint density at radius 2 is 0.442 bits per heavy atom. The second-order valence-corrected chi connectivity index (χ2v) is 34.9. The van der Waals surface area contributed by atoms with Crippen LogP contribution in [0.1, 0.15) is 447 Å². The molecule has 0 spiro atoms. The lowest BCUT2D eigenvalue weighted by molar-refractivity contribution is -0.161. The number of carbonyl (C=O) groups excluding carboxylic acids is 4. The van der Waals surface area contributed by atoms with Gasteiger partial charge in [0, 0.05) is 25.7 Å². The van der Waals surface area contributed by atoms with Crippen LogP contribution in [0, 0.1) is 17.8 Å². The van der Waals surface area contributed by atoms with Crippen molar-refractivity contribution in [2.45, 2.75) is 465 Å². The Labute approximate surface area is 638 Å². The maximum atomic E-state index is 13.1. The zero-order valence-corrected chi connectivity index (χ0v) is 70.3. The third-order valence-corrected chi connectivity index (χ3v) is 21.8. The van der Waals surface area contributed by atoms with E-state index in [0.717, 1.165) is 114 Å². The molecule has 0 aromatic rings. The number of carbonyl (C=O) groups is 4. The number of phosphoric acid groups is 2. The zero-order chi connectivity index (χ0) is 76.5. The number of hydrogen-bond donors (Lipinski definition) is 3. The fourth-order valence-electron chi connectivity index (χ4n) is 13.2. The highest BCUT2D eigenvalue weighted by molar-refractivity contribution is 7.47. The van der Waals surface area contributed by atoms with E-state index >= 15 is 0 Å². The van der Waals surface area contributed by atoms with Crippen LogP contribution in [0.15, 0.2) is 0 Å². The molecule has 618 valence electrons. The summed E-state index contributed by atoms with van der Waals surface area (Å²) in [7, 11) is -9.92. The number of phosphoric ester groups is 2. The van der Waals surface area contributed by atoms with Gasteiger partial charge < -0.3 is 33.8 Å². The van der Waals surface area contributed by atoms with E-state index in [9.17, 15) is 43.2 Å². The first-order chi connectivity index (χ1) is 50.2. The number of aliphatic hydroxyl groups excluding tert-OH is 1. The number of ether oxygens (including phenoxy) is 4. The number of rotatable bonds is 83. The van der Waals surface area contributed by atoms with Crippen molar-refractivity contribution in [2.75, 3.05) is 39.6 Å². The third-order valence-electron chi connectivity index (χ3n) is 19.9. The summed E-state index contributed by atoms with van der Waals surface area (Å²) in [5.41, 5.74) is 0. The van der Waals surface area contributed by atoms with Crippen LogP contribution in [0.3, 0.4) is 0 Å². The van der Waals surface area contributed by atoms with E-state index < -0.39 is 97.5 Å². The van der Waals surface area contributed by atoms with Crippen molar-refractivity contribution < 1.29 is 80.2 Å². The monoisotopic (exact) mass is 1520 g/mol. The van der Waals surface area contributed by atoms with Gasteiger partial charge in [-0.2, -0.15) is 0 Å². The SMILES string of the molecule is CCCCCCCC(=O)OC[C@H](COP(=O)(O)OC[C@H](O)COP(=O)(O)OC[C@@H](COC(=O)CCCCCCCCCCCCCCCCCCC(C)C)OC(=O)CCCCCCCCCCCCCCCCCCCCC(C)C)OC(=O)CCCCCCCCCCCCCCCCCCC(C)C. The molecule has 0 radical (unpaired) electrons. The van der Waals surface area contributed by atoms with Gasteiger partial charge in [0.1, 0.15) is 19.3 Å². The van der Waals surface area contributed by atoms with Gasteiger partial charge in [0.15, 0.2) is 12.2 Å². The molecular weight excluding hydrogens is 1350 g/mol. The summed E-state index contributed by atoms with van der Waals surface area (Å²) < 4.78 is 68.6.